The number of thiazole rings is 2. The van der Waals surface area contributed by atoms with E-state index in [0.717, 1.165) is 42.9 Å². The Morgan fingerprint density at radius 1 is 0.717 bits per heavy atom. The molecule has 0 N–H and O–H groups in total. The van der Waals surface area contributed by atoms with Crippen molar-refractivity contribution in [3.63, 3.8) is 0 Å². The number of sulfone groups is 1. The number of hydrogen-bond donors (Lipinski definition) is 0. The van der Waals surface area contributed by atoms with Crippen molar-refractivity contribution in [1.82, 2.24) is 29.2 Å². The second-order valence-electron chi connectivity index (χ2n) is 10.7. The van der Waals surface area contributed by atoms with E-state index in [1.165, 1.54) is 47.7 Å². The van der Waals surface area contributed by atoms with Crippen LogP contribution in [-0.4, -0.2) is 51.7 Å². The number of hydrogen-bond acceptors (Lipinski definition) is 13. The number of nitro benzene ring substituents is 2. The van der Waals surface area contributed by atoms with E-state index in [1.54, 1.807) is 39.1 Å². The van der Waals surface area contributed by atoms with Crippen LogP contribution in [0.15, 0.2) is 136 Å². The van der Waals surface area contributed by atoms with Gasteiger partial charge in [0, 0.05) is 67.5 Å². The summed E-state index contributed by atoms with van der Waals surface area (Å²) in [6.07, 6.45) is 6.92. The third-order valence-electron chi connectivity index (χ3n) is 7.46. The van der Waals surface area contributed by atoms with Crippen LogP contribution in [0, 0.1) is 20.2 Å². The van der Waals surface area contributed by atoms with Crippen molar-refractivity contribution in [2.24, 2.45) is 0 Å². The maximum atomic E-state index is 12.8. The van der Waals surface area contributed by atoms with Crippen LogP contribution in [0.2, 0.25) is 0 Å². The molecule has 266 valence electrons. The minimum atomic E-state index is -3.96. The molecule has 0 aliphatic heterocycles. The zero-order chi connectivity index (χ0) is 37.4. The zero-order valence-corrected chi connectivity index (χ0v) is 32.7. The number of aromatic nitrogens is 6. The molecule has 21 heteroatoms. The van der Waals surface area contributed by atoms with Crippen molar-refractivity contribution in [2.45, 2.75) is 18.5 Å². The molecule has 0 saturated carbocycles. The van der Waals surface area contributed by atoms with Gasteiger partial charge in [0.05, 0.1) is 54.5 Å². The van der Waals surface area contributed by atoms with Gasteiger partial charge in [0.25, 0.3) is 11.4 Å². The van der Waals surface area contributed by atoms with E-state index in [1.807, 2.05) is 35.8 Å². The Morgan fingerprint density at radius 2 is 1.26 bits per heavy atom. The molecule has 8 aromatic rings. The van der Waals surface area contributed by atoms with Crippen molar-refractivity contribution >= 4 is 97.6 Å². The van der Waals surface area contributed by atoms with Crippen LogP contribution in [0.3, 0.4) is 0 Å². The molecule has 0 amide bonds. The van der Waals surface area contributed by atoms with Gasteiger partial charge in [-0.1, -0.05) is 44.0 Å². The average Bonchev–Trinajstić information content (AvgIpc) is 3.98. The van der Waals surface area contributed by atoms with Gasteiger partial charge in [0.1, 0.15) is 10.8 Å². The molecule has 0 saturated heterocycles. The number of benzene rings is 2. The number of pyridine rings is 2. The lowest BCUT2D eigenvalue weighted by Gasteiger charge is -2.00. The van der Waals surface area contributed by atoms with Crippen LogP contribution in [0.25, 0.3) is 33.5 Å². The molecule has 0 fully saturated rings. The third-order valence-corrected chi connectivity index (χ3v) is 13.9. The highest BCUT2D eigenvalue weighted by Gasteiger charge is 2.25. The monoisotopic (exact) mass is 912 g/mol. The van der Waals surface area contributed by atoms with Gasteiger partial charge in [0.15, 0.2) is 4.34 Å². The minimum Gasteiger partial charge on any atom is -0.258 e. The van der Waals surface area contributed by atoms with Crippen LogP contribution < -0.4 is 0 Å². The summed E-state index contributed by atoms with van der Waals surface area (Å²) in [4.78, 5) is 29.6. The Labute approximate surface area is 325 Å². The fraction of sp³-hybridized carbons (Fsp3) is 0. The molecule has 53 heavy (non-hydrogen) atoms. The maximum Gasteiger partial charge on any atom is 0.270 e. The Balaban J connectivity index is 0.000000164. The molecule has 6 aromatic heterocycles. The van der Waals surface area contributed by atoms with E-state index in [4.69, 9.17) is 0 Å². The summed E-state index contributed by atoms with van der Waals surface area (Å²) >= 11 is 9.05. The summed E-state index contributed by atoms with van der Waals surface area (Å²) in [6, 6.07) is 18.2. The molecule has 15 nitrogen and oxygen atoms in total. The lowest BCUT2D eigenvalue weighted by molar-refractivity contribution is -0.385. The molecule has 1 atom stereocenters. The largest absolute Gasteiger partial charge is 0.270 e. The van der Waals surface area contributed by atoms with E-state index < -0.39 is 30.5 Å². The molecular formula is C32H18Br2N8O7S4. The second-order valence-corrected chi connectivity index (χ2v) is 18.1. The number of halogens is 2. The van der Waals surface area contributed by atoms with Gasteiger partial charge in [-0.15, -0.1) is 22.7 Å². The van der Waals surface area contributed by atoms with Gasteiger partial charge >= 0.3 is 0 Å². The number of non-ortho nitro benzene ring substituents is 2. The van der Waals surface area contributed by atoms with Gasteiger partial charge in [-0.25, -0.2) is 31.6 Å². The lowest BCUT2D eigenvalue weighted by atomic mass is 10.2. The summed E-state index contributed by atoms with van der Waals surface area (Å²) in [5, 5.41) is 33.8. The van der Waals surface area contributed by atoms with E-state index in [2.05, 4.69) is 52.0 Å². The van der Waals surface area contributed by atoms with Crippen molar-refractivity contribution in [1.29, 1.82) is 0 Å². The first kappa shape index (κ1) is 36.3. The summed E-state index contributed by atoms with van der Waals surface area (Å²) in [5.74, 6) is 0. The van der Waals surface area contributed by atoms with Crippen LogP contribution in [-0.2, 0) is 20.6 Å². The van der Waals surface area contributed by atoms with E-state index in [0.29, 0.717) is 26.2 Å². The molecular weight excluding hydrogens is 896 g/mol. The normalized spacial score (nSPS) is 12.0. The van der Waals surface area contributed by atoms with Crippen LogP contribution in [0.4, 0.5) is 11.4 Å². The molecule has 6 heterocycles. The quantitative estimate of drug-likeness (QED) is 0.105. The van der Waals surface area contributed by atoms with E-state index in [9.17, 15) is 32.9 Å². The predicted octanol–water partition coefficient (Wildman–Crippen LogP) is 8.26. The molecule has 0 bridgehead atoms. The second kappa shape index (κ2) is 14.8. The van der Waals surface area contributed by atoms with Crippen molar-refractivity contribution in [2.75, 3.05) is 0 Å². The SMILES string of the molecule is O=[N+]([O-])c1cccc(S(=O)(=O)c2nc(-c3cnn4ccc(Br)cc34)cs2)c1.O=[N+]([O-])c1cccc(S(=O)c2nc(-c3cnn4ccc(Br)cc34)cs2)c1. The number of rotatable bonds is 8. The van der Waals surface area contributed by atoms with Crippen molar-refractivity contribution in [3.8, 4) is 22.5 Å². The Morgan fingerprint density at radius 3 is 1.87 bits per heavy atom. The molecule has 0 aliphatic rings. The van der Waals surface area contributed by atoms with Gasteiger partial charge in [0.2, 0.25) is 14.2 Å². The fourth-order valence-electron chi connectivity index (χ4n) is 4.95. The maximum absolute atomic E-state index is 12.8. The Kier molecular flexibility index (Phi) is 10.1. The fourth-order valence-corrected chi connectivity index (χ4v) is 10.2. The van der Waals surface area contributed by atoms with Crippen LogP contribution >= 0.6 is 54.5 Å². The van der Waals surface area contributed by atoms with Crippen molar-refractivity contribution in [3.05, 3.63) is 138 Å². The topological polar surface area (TPSA) is 198 Å². The third kappa shape index (κ3) is 7.43. The van der Waals surface area contributed by atoms with Crippen molar-refractivity contribution < 1.29 is 22.5 Å². The minimum absolute atomic E-state index is 0.0971. The summed E-state index contributed by atoms with van der Waals surface area (Å²) in [6.45, 7) is 0. The highest BCUT2D eigenvalue weighted by Crippen LogP contribution is 2.33. The molecule has 0 radical (unpaired) electrons. The van der Waals surface area contributed by atoms with Gasteiger partial charge in [-0.2, -0.15) is 10.2 Å². The summed E-state index contributed by atoms with van der Waals surface area (Å²) < 4.78 is 43.8. The van der Waals surface area contributed by atoms with E-state index in [-0.39, 0.29) is 20.6 Å². The molecule has 2 aromatic carbocycles. The standard InChI is InChI=1S/C16H9BrN4O4S2.C16H9BrN4O3S2/c17-10-4-5-20-15(6-10)13(8-18-20)14-9-26-16(19-14)27(24,25)12-3-1-2-11(7-12)21(22)23;17-10-4-5-20-15(6-10)13(8-18-20)14-9-25-16(19-14)26(24)12-3-1-2-11(7-12)21(22)23/h1-9H;1-9H. The van der Waals surface area contributed by atoms with Crippen LogP contribution in [0.5, 0.6) is 0 Å². The van der Waals surface area contributed by atoms with Crippen LogP contribution in [0.1, 0.15) is 0 Å². The predicted molar refractivity (Wildman–Crippen MR) is 204 cm³/mol. The molecule has 1 unspecified atom stereocenters. The summed E-state index contributed by atoms with van der Waals surface area (Å²) in [7, 11) is -5.55. The molecule has 8 rings (SSSR count). The van der Waals surface area contributed by atoms with Gasteiger partial charge < -0.3 is 0 Å². The average molecular weight is 915 g/mol. The molecule has 0 aliphatic carbocycles. The van der Waals surface area contributed by atoms with E-state index >= 15 is 0 Å². The number of nitro groups is 2. The number of nitrogens with zero attached hydrogens (tertiary/aromatic N) is 8. The Hall–Kier alpha value is -5.06. The first-order valence-corrected chi connectivity index (χ1v) is 20.7. The Bertz CT molecular complexity index is 2850. The number of fused-ring (bicyclic) bond motifs is 2. The first-order valence-electron chi connectivity index (χ1n) is 14.7. The zero-order valence-electron chi connectivity index (χ0n) is 26.2. The highest BCUT2D eigenvalue weighted by molar-refractivity contribution is 9.10. The molecule has 0 spiro atoms. The van der Waals surface area contributed by atoms with Gasteiger partial charge in [-0.3, -0.25) is 20.2 Å². The lowest BCUT2D eigenvalue weighted by Crippen LogP contribution is -2.02. The smallest absolute Gasteiger partial charge is 0.258 e. The first-order chi connectivity index (χ1) is 25.4. The van der Waals surface area contributed by atoms with Gasteiger partial charge in [-0.05, 0) is 36.4 Å². The highest BCUT2D eigenvalue weighted by atomic mass is 79.9. The summed E-state index contributed by atoms with van der Waals surface area (Å²) in [5.41, 5.74) is 3.90.